The van der Waals surface area contributed by atoms with E-state index in [1.807, 2.05) is 0 Å². The Morgan fingerprint density at radius 3 is 2.18 bits per heavy atom. The summed E-state index contributed by atoms with van der Waals surface area (Å²) in [7, 11) is 0. The standard InChI is InChI=1S/C22H21.C7H7.CH2.2ClH.Zr/c1-22(2,3)19-10-8-16(14-19)15-9-11-21-18(12-15)13-17-6-4-5-7-20(17)21;1-7-5-3-2-4-6-7;;;;/h4-7,9-11,14H,8,13H2,1-3H3;2-6H,1H2;1H2;2*1H;/q;;;;;+2/p-2. The van der Waals surface area contributed by atoms with Crippen molar-refractivity contribution in [2.45, 2.75) is 37.7 Å². The van der Waals surface area contributed by atoms with Crippen molar-refractivity contribution in [3.05, 3.63) is 107 Å². The molecule has 0 unspecified atom stereocenters. The van der Waals surface area contributed by atoms with Crippen molar-refractivity contribution in [3.63, 3.8) is 0 Å². The molecule has 0 atom stereocenters. The van der Waals surface area contributed by atoms with Crippen LogP contribution in [0.2, 0.25) is 0 Å². The van der Waals surface area contributed by atoms with Gasteiger partial charge in [-0.25, -0.2) is 0 Å². The molecule has 168 valence electrons. The summed E-state index contributed by atoms with van der Waals surface area (Å²) in [5, 5.41) is 0. The summed E-state index contributed by atoms with van der Waals surface area (Å²) in [5.41, 5.74) is 12.0. The number of hydrogen-bond acceptors (Lipinski definition) is 0. The molecule has 0 N–H and O–H groups in total. The van der Waals surface area contributed by atoms with E-state index in [0.29, 0.717) is 0 Å². The van der Waals surface area contributed by atoms with Crippen LogP contribution in [0.1, 0.15) is 49.4 Å². The van der Waals surface area contributed by atoms with Crippen molar-refractivity contribution < 1.29 is 46.1 Å². The normalized spacial score (nSPS) is 13.5. The minimum absolute atomic E-state index is 0. The molecule has 0 saturated heterocycles. The van der Waals surface area contributed by atoms with Gasteiger partial charge in [-0.1, -0.05) is 0 Å². The molecule has 0 saturated carbocycles. The maximum Gasteiger partial charge on any atom is -1.00 e. The van der Waals surface area contributed by atoms with E-state index in [0.717, 1.165) is 17.0 Å². The Morgan fingerprint density at radius 1 is 0.818 bits per heavy atom. The number of fused-ring (bicyclic) bond motifs is 3. The Kier molecular flexibility index (Phi) is 8.21. The number of benzene rings is 3. The summed E-state index contributed by atoms with van der Waals surface area (Å²) in [6.45, 7) is 6.95. The largest absolute Gasteiger partial charge is 1.00 e. The van der Waals surface area contributed by atoms with Crippen LogP contribution in [-0.2, 0) is 31.8 Å². The molecule has 0 aromatic heterocycles. The van der Waals surface area contributed by atoms with E-state index in [-0.39, 0.29) is 30.2 Å². The van der Waals surface area contributed by atoms with E-state index in [1.54, 1.807) is 8.83 Å². The molecule has 2 aliphatic carbocycles. The third-order valence-corrected chi connectivity index (χ3v) is 11.9. The van der Waals surface area contributed by atoms with Gasteiger partial charge in [0.1, 0.15) is 0 Å². The van der Waals surface area contributed by atoms with Crippen molar-refractivity contribution in [3.8, 4) is 11.1 Å². The van der Waals surface area contributed by atoms with Gasteiger partial charge in [0.05, 0.1) is 0 Å². The fourth-order valence-electron chi connectivity index (χ4n) is 5.05. The summed E-state index contributed by atoms with van der Waals surface area (Å²) in [6, 6.07) is 24.7. The molecule has 3 aromatic carbocycles. The summed E-state index contributed by atoms with van der Waals surface area (Å²) >= 11 is -2.13. The molecule has 0 fully saturated rings. The van der Waals surface area contributed by atoms with Crippen LogP contribution in [0.5, 0.6) is 0 Å². The molecule has 0 nitrogen and oxygen atoms in total. The second kappa shape index (κ2) is 10.4. The number of allylic oxidation sites excluding steroid dienone is 4. The van der Waals surface area contributed by atoms with Gasteiger partial charge in [0.25, 0.3) is 0 Å². The number of halogens is 2. The van der Waals surface area contributed by atoms with E-state index >= 15 is 0 Å². The van der Waals surface area contributed by atoms with Gasteiger partial charge in [-0.3, -0.25) is 0 Å². The first-order valence-electron chi connectivity index (χ1n) is 11.3. The van der Waals surface area contributed by atoms with Crippen LogP contribution in [0.25, 0.3) is 16.7 Å². The fourth-order valence-corrected chi connectivity index (χ4v) is 10.4. The number of rotatable bonds is 4. The first kappa shape index (κ1) is 26.1. The second-order valence-electron chi connectivity index (χ2n) is 9.90. The van der Waals surface area contributed by atoms with Crippen molar-refractivity contribution in [2.75, 3.05) is 0 Å². The van der Waals surface area contributed by atoms with Gasteiger partial charge in [0.15, 0.2) is 0 Å². The zero-order valence-electron chi connectivity index (χ0n) is 19.6. The summed E-state index contributed by atoms with van der Waals surface area (Å²) in [5.74, 6) is 0. The molecule has 3 aromatic rings. The monoisotopic (exact) mass is 550 g/mol. The Bertz CT molecular complexity index is 1240. The first-order chi connectivity index (χ1) is 14.9. The van der Waals surface area contributed by atoms with Crippen LogP contribution in [0, 0.1) is 5.41 Å². The Labute approximate surface area is 218 Å². The van der Waals surface area contributed by atoms with Gasteiger partial charge in [-0.2, -0.15) is 0 Å². The predicted molar refractivity (Wildman–Crippen MR) is 132 cm³/mol. The van der Waals surface area contributed by atoms with Crippen LogP contribution in [0.3, 0.4) is 0 Å². The Balaban J connectivity index is 0.00000153. The van der Waals surface area contributed by atoms with Gasteiger partial charge in [-0.15, -0.1) is 0 Å². The van der Waals surface area contributed by atoms with Gasteiger partial charge in [0.2, 0.25) is 0 Å². The van der Waals surface area contributed by atoms with Gasteiger partial charge in [-0.05, 0) is 0 Å². The molecule has 0 amide bonds. The SMILES string of the molecule is [CH2]=[Zr+2]([CH2]c1ccccc1)[c]1c(C2=CC(C(C)(C)C)=CC2)ccc2c1Cc1ccccc1-2.[Cl-].[Cl-]. The minimum atomic E-state index is -2.13. The molecular formula is C30H30Cl2Zr. The van der Waals surface area contributed by atoms with Crippen LogP contribution >= 0.6 is 0 Å². The molecule has 0 bridgehead atoms. The topological polar surface area (TPSA) is 0 Å². The number of hydrogen-bond donors (Lipinski definition) is 0. The molecule has 0 radical (unpaired) electrons. The quantitative estimate of drug-likeness (QED) is 0.353. The van der Waals surface area contributed by atoms with Gasteiger partial charge < -0.3 is 24.8 Å². The predicted octanol–water partition coefficient (Wildman–Crippen LogP) is 0.901. The zero-order chi connectivity index (χ0) is 21.6. The van der Waals surface area contributed by atoms with E-state index in [4.69, 9.17) is 4.21 Å². The first-order valence-corrected chi connectivity index (χ1v) is 16.0. The minimum Gasteiger partial charge on any atom is -1.00 e. The van der Waals surface area contributed by atoms with E-state index in [1.165, 1.54) is 39.0 Å². The molecule has 0 aliphatic heterocycles. The summed E-state index contributed by atoms with van der Waals surface area (Å²) in [6.07, 6.45) is 7.01. The second-order valence-corrected chi connectivity index (χ2v) is 15.0. The van der Waals surface area contributed by atoms with Crippen LogP contribution < -0.4 is 28.1 Å². The summed E-state index contributed by atoms with van der Waals surface area (Å²) < 4.78 is 7.71. The molecule has 0 heterocycles. The summed E-state index contributed by atoms with van der Waals surface area (Å²) in [4.78, 5) is 0. The third kappa shape index (κ3) is 5.12. The van der Waals surface area contributed by atoms with E-state index in [2.05, 4.69) is 99.7 Å². The van der Waals surface area contributed by atoms with Crippen molar-refractivity contribution in [2.24, 2.45) is 5.41 Å². The van der Waals surface area contributed by atoms with Crippen molar-refractivity contribution >= 4 is 13.1 Å². The molecular weight excluding hydrogens is 522 g/mol. The molecule has 3 heteroatoms. The Hall–Kier alpha value is -1.53. The van der Waals surface area contributed by atoms with Crippen LogP contribution in [-0.4, -0.2) is 4.21 Å². The van der Waals surface area contributed by atoms with Crippen molar-refractivity contribution in [1.29, 1.82) is 0 Å². The molecule has 0 spiro atoms. The van der Waals surface area contributed by atoms with E-state index in [9.17, 15) is 0 Å². The Morgan fingerprint density at radius 2 is 1.48 bits per heavy atom. The van der Waals surface area contributed by atoms with Crippen molar-refractivity contribution in [1.82, 2.24) is 0 Å². The average Bonchev–Trinajstić information content (AvgIpc) is 3.38. The molecule has 5 rings (SSSR count). The zero-order valence-corrected chi connectivity index (χ0v) is 23.6. The molecule has 33 heavy (non-hydrogen) atoms. The molecule has 2 aliphatic rings. The fraction of sp³-hybridized carbons (Fsp3) is 0.233. The smallest absolute Gasteiger partial charge is 1.00 e. The third-order valence-electron chi connectivity index (χ3n) is 6.69. The van der Waals surface area contributed by atoms with Gasteiger partial charge >= 0.3 is 195 Å². The maximum absolute atomic E-state index is 4.90. The maximum atomic E-state index is 4.90. The van der Waals surface area contributed by atoms with Crippen LogP contribution in [0.15, 0.2) is 84.5 Å². The van der Waals surface area contributed by atoms with Gasteiger partial charge in [0, 0.05) is 0 Å². The average molecular weight is 553 g/mol. The van der Waals surface area contributed by atoms with Crippen LogP contribution in [0.4, 0.5) is 0 Å². The van der Waals surface area contributed by atoms with E-state index < -0.39 is 21.3 Å².